The van der Waals surface area contributed by atoms with E-state index in [2.05, 4.69) is 11.8 Å². The largest absolute Gasteiger partial charge is 0.468 e. The second kappa shape index (κ2) is 5.43. The van der Waals surface area contributed by atoms with Crippen LogP contribution in [-0.4, -0.2) is 29.8 Å². The van der Waals surface area contributed by atoms with Crippen LogP contribution in [-0.2, 0) is 6.54 Å². The number of methoxy groups -OCH3 is 1. The van der Waals surface area contributed by atoms with Gasteiger partial charge in [0.05, 0.1) is 7.11 Å². The molecule has 0 bridgehead atoms. The van der Waals surface area contributed by atoms with Crippen molar-refractivity contribution in [3.05, 3.63) is 5.69 Å². The van der Waals surface area contributed by atoms with E-state index in [0.717, 1.165) is 26.6 Å². The summed E-state index contributed by atoms with van der Waals surface area (Å²) in [5.41, 5.74) is 11.5. The van der Waals surface area contributed by atoms with Crippen molar-refractivity contribution in [2.75, 3.05) is 12.8 Å². The molecule has 0 aromatic carbocycles. The van der Waals surface area contributed by atoms with Crippen LogP contribution in [0.2, 0.25) is 13.1 Å². The molecule has 5 N–H and O–H groups in total. The highest BCUT2D eigenvalue weighted by atomic mass is 16.5. The van der Waals surface area contributed by atoms with E-state index in [1.54, 1.807) is 4.57 Å². The van der Waals surface area contributed by atoms with Gasteiger partial charge < -0.3 is 16.2 Å². The van der Waals surface area contributed by atoms with Crippen LogP contribution < -0.4 is 16.2 Å². The first-order valence-corrected chi connectivity index (χ1v) is 5.36. The van der Waals surface area contributed by atoms with Gasteiger partial charge in [0.25, 0.3) is 6.01 Å². The highest BCUT2D eigenvalue weighted by Gasteiger charge is 2.16. The van der Waals surface area contributed by atoms with Gasteiger partial charge in [0.2, 0.25) is 0 Å². The number of nitrogens with two attached hydrogens (primary N) is 2. The third-order valence-corrected chi connectivity index (χ3v) is 2.39. The molecule has 0 aliphatic rings. The second-order valence-electron chi connectivity index (χ2n) is 3.60. The summed E-state index contributed by atoms with van der Waals surface area (Å²) in [4.78, 5) is 4.07. The number of hydrogen-bond donors (Lipinski definition) is 3. The first kappa shape index (κ1) is 12.4. The number of hydrogen-bond acceptors (Lipinski definition) is 4. The van der Waals surface area contributed by atoms with Crippen LogP contribution in [0.15, 0.2) is 0 Å². The van der Waals surface area contributed by atoms with Crippen LogP contribution in [0, 0.1) is 5.41 Å². The fraction of sp³-hybridized carbons (Fsp3) is 0.556. The molecule has 6 nitrogen and oxygen atoms in total. The number of nitrogens with zero attached hydrogens (tertiary/aromatic N) is 2. The molecule has 16 heavy (non-hydrogen) atoms. The lowest BCUT2D eigenvalue weighted by atomic mass is 9.77. The highest BCUT2D eigenvalue weighted by molar-refractivity contribution is 6.33. The van der Waals surface area contributed by atoms with E-state index in [1.165, 1.54) is 7.11 Å². The molecule has 0 spiro atoms. The third-order valence-electron chi connectivity index (χ3n) is 2.39. The van der Waals surface area contributed by atoms with Crippen LogP contribution in [0.3, 0.4) is 0 Å². The minimum atomic E-state index is -0.134. The van der Waals surface area contributed by atoms with E-state index >= 15 is 0 Å². The van der Waals surface area contributed by atoms with Crippen LogP contribution in [0.5, 0.6) is 6.01 Å². The van der Waals surface area contributed by atoms with E-state index in [9.17, 15) is 0 Å². The van der Waals surface area contributed by atoms with Crippen molar-refractivity contribution in [1.29, 1.82) is 5.41 Å². The smallest absolute Gasteiger partial charge is 0.298 e. The lowest BCUT2D eigenvalue weighted by molar-refractivity contribution is 0.357. The van der Waals surface area contributed by atoms with Crippen molar-refractivity contribution in [2.24, 2.45) is 5.73 Å². The molecule has 88 valence electrons. The average Bonchev–Trinajstić information content (AvgIpc) is 2.57. The Balaban J connectivity index is 2.92. The van der Waals surface area contributed by atoms with E-state index < -0.39 is 0 Å². The Morgan fingerprint density at radius 1 is 1.62 bits per heavy atom. The summed E-state index contributed by atoms with van der Waals surface area (Å²) in [6.07, 6.45) is 2.13. The molecule has 0 radical (unpaired) electrons. The van der Waals surface area contributed by atoms with E-state index in [1.807, 2.05) is 0 Å². The van der Waals surface area contributed by atoms with Gasteiger partial charge in [0, 0.05) is 6.54 Å². The summed E-state index contributed by atoms with van der Waals surface area (Å²) in [5.74, 6) is 0.269. The van der Waals surface area contributed by atoms with Crippen molar-refractivity contribution in [2.45, 2.75) is 26.1 Å². The van der Waals surface area contributed by atoms with Gasteiger partial charge in [-0.3, -0.25) is 9.98 Å². The summed E-state index contributed by atoms with van der Waals surface area (Å²) >= 11 is 0. The zero-order chi connectivity index (χ0) is 12.1. The molecule has 0 amide bonds. The molecule has 0 atom stereocenters. The van der Waals surface area contributed by atoms with Crippen molar-refractivity contribution in [1.82, 2.24) is 9.55 Å². The van der Waals surface area contributed by atoms with Gasteiger partial charge in [0.1, 0.15) is 18.9 Å². The minimum absolute atomic E-state index is 0.134. The van der Waals surface area contributed by atoms with Crippen molar-refractivity contribution in [3.63, 3.8) is 0 Å². The van der Waals surface area contributed by atoms with Crippen molar-refractivity contribution in [3.8, 4) is 6.01 Å². The summed E-state index contributed by atoms with van der Waals surface area (Å²) in [6.45, 7) is 2.87. The zero-order valence-electron chi connectivity index (χ0n) is 9.79. The Morgan fingerprint density at radius 2 is 2.31 bits per heavy atom. The zero-order valence-corrected chi connectivity index (χ0v) is 9.79. The van der Waals surface area contributed by atoms with E-state index in [4.69, 9.17) is 21.6 Å². The Bertz CT molecular complexity index is 376. The number of nitrogen functional groups attached to an aromatic ring is 2. The standard InChI is InChI=1S/C9H18BN5O/c1-10-4-3-5-15-8(13)6(7(11)12)14-9(15)16-2/h10H,3-5,13H2,1-2H3,(H3,11,12). The highest BCUT2D eigenvalue weighted by Crippen LogP contribution is 2.20. The van der Waals surface area contributed by atoms with Gasteiger partial charge in [-0.1, -0.05) is 13.1 Å². The molecular weight excluding hydrogens is 205 g/mol. The molecule has 0 saturated heterocycles. The van der Waals surface area contributed by atoms with Crippen molar-refractivity contribution < 1.29 is 4.74 Å². The fourth-order valence-corrected chi connectivity index (χ4v) is 1.53. The second-order valence-corrected chi connectivity index (χ2v) is 3.60. The lowest BCUT2D eigenvalue weighted by Gasteiger charge is -2.07. The molecule has 0 aliphatic carbocycles. The summed E-state index contributed by atoms with van der Waals surface area (Å²) in [7, 11) is 2.67. The molecule has 1 aromatic heterocycles. The topological polar surface area (TPSA) is 103 Å². The van der Waals surface area contributed by atoms with Crippen molar-refractivity contribution >= 4 is 18.9 Å². The molecular formula is C9H18BN5O. The SMILES string of the molecule is CBCCCn1c(OC)nc(C(=N)N)c1N. The maximum absolute atomic E-state index is 7.34. The average molecular weight is 223 g/mol. The number of anilines is 1. The van der Waals surface area contributed by atoms with Crippen LogP contribution >= 0.6 is 0 Å². The molecule has 0 fully saturated rings. The minimum Gasteiger partial charge on any atom is -0.468 e. The Hall–Kier alpha value is -1.66. The van der Waals surface area contributed by atoms with E-state index in [-0.39, 0.29) is 5.84 Å². The Kier molecular flexibility index (Phi) is 4.22. The quantitative estimate of drug-likeness (QED) is 0.274. The van der Waals surface area contributed by atoms with Gasteiger partial charge in [0.15, 0.2) is 5.69 Å². The fourth-order valence-electron chi connectivity index (χ4n) is 1.53. The number of amidine groups is 1. The van der Waals surface area contributed by atoms with Crippen LogP contribution in [0.4, 0.5) is 5.82 Å². The number of nitrogens with one attached hydrogen (secondary N) is 1. The number of imidazole rings is 1. The molecule has 0 aliphatic heterocycles. The van der Waals surface area contributed by atoms with Crippen LogP contribution in [0.25, 0.3) is 0 Å². The Morgan fingerprint density at radius 3 is 2.81 bits per heavy atom. The maximum atomic E-state index is 7.34. The number of aromatic nitrogens is 2. The molecule has 1 aromatic rings. The molecule has 0 saturated carbocycles. The predicted octanol–water partition coefficient (Wildman–Crippen LogP) is 0.0510. The van der Waals surface area contributed by atoms with Crippen LogP contribution in [0.1, 0.15) is 12.1 Å². The summed E-state index contributed by atoms with van der Waals surface area (Å²) in [6, 6.07) is 0.416. The lowest BCUT2D eigenvalue weighted by Crippen LogP contribution is -2.14. The van der Waals surface area contributed by atoms with Gasteiger partial charge in [-0.25, -0.2) is 0 Å². The maximum Gasteiger partial charge on any atom is 0.298 e. The predicted molar refractivity (Wildman–Crippen MR) is 66.6 cm³/mol. The van der Waals surface area contributed by atoms with Gasteiger partial charge in [-0.2, -0.15) is 4.98 Å². The van der Waals surface area contributed by atoms with Gasteiger partial charge in [-0.15, -0.1) is 0 Å². The molecule has 7 heteroatoms. The normalized spacial score (nSPS) is 10.1. The van der Waals surface area contributed by atoms with Gasteiger partial charge in [-0.05, 0) is 6.42 Å². The Labute approximate surface area is 95.7 Å². The van der Waals surface area contributed by atoms with E-state index in [0.29, 0.717) is 17.5 Å². The summed E-state index contributed by atoms with van der Waals surface area (Å²) < 4.78 is 6.86. The molecule has 0 unspecified atom stereocenters. The van der Waals surface area contributed by atoms with Gasteiger partial charge >= 0.3 is 0 Å². The first-order chi connectivity index (χ1) is 7.61. The molecule has 1 heterocycles. The molecule has 1 rings (SSSR count). The third kappa shape index (κ3) is 2.47. The number of ether oxygens (including phenoxy) is 1. The first-order valence-electron chi connectivity index (χ1n) is 5.36. The number of rotatable bonds is 6. The monoisotopic (exact) mass is 223 g/mol. The summed E-state index contributed by atoms with van der Waals surface area (Å²) in [5, 5.41) is 7.34.